The highest BCUT2D eigenvalue weighted by Gasteiger charge is 2.05. The van der Waals surface area contributed by atoms with Gasteiger partial charge >= 0.3 is 5.97 Å². The van der Waals surface area contributed by atoms with Crippen molar-refractivity contribution in [1.82, 2.24) is 0 Å². The van der Waals surface area contributed by atoms with Crippen molar-refractivity contribution in [2.24, 2.45) is 0 Å². The van der Waals surface area contributed by atoms with Crippen molar-refractivity contribution in [3.8, 4) is 0 Å². The van der Waals surface area contributed by atoms with Gasteiger partial charge in [-0.3, -0.25) is 0 Å². The fourth-order valence-corrected chi connectivity index (χ4v) is 3.21. The molecule has 70 valence electrons. The van der Waals surface area contributed by atoms with Crippen LogP contribution in [0.3, 0.4) is 0 Å². The van der Waals surface area contributed by atoms with Gasteiger partial charge in [-0.1, -0.05) is 6.42 Å². The summed E-state index contributed by atoms with van der Waals surface area (Å²) in [6.45, 7) is 2.34. The van der Waals surface area contributed by atoms with Crippen LogP contribution in [0.5, 0.6) is 0 Å². The normalized spacial score (nSPS) is 18.8. The average molecular weight is 188 g/mol. The monoisotopic (exact) mass is 188 g/mol. The van der Waals surface area contributed by atoms with Gasteiger partial charge < -0.3 is 4.74 Å². The summed E-state index contributed by atoms with van der Waals surface area (Å²) in [5, 5.41) is 1.78. The molecule has 1 rings (SSSR count). The number of carbonyl (C=O) groups is 1. The Balaban J connectivity index is 2.37. The molecule has 0 aromatic rings. The van der Waals surface area contributed by atoms with Crippen LogP contribution in [0.15, 0.2) is 0 Å². The summed E-state index contributed by atoms with van der Waals surface area (Å²) in [6.07, 6.45) is 3.89. The third kappa shape index (κ3) is 3.39. The van der Waals surface area contributed by atoms with E-state index in [-0.39, 0.29) is 16.5 Å². The van der Waals surface area contributed by atoms with E-state index in [9.17, 15) is 4.79 Å². The molecule has 3 heteroatoms. The summed E-state index contributed by atoms with van der Waals surface area (Å²) in [5.41, 5.74) is 0. The van der Waals surface area contributed by atoms with E-state index >= 15 is 0 Å². The molecule has 0 aliphatic carbocycles. The van der Waals surface area contributed by atoms with Gasteiger partial charge in [-0.15, -0.1) is 0 Å². The van der Waals surface area contributed by atoms with Crippen LogP contribution >= 0.6 is 10.5 Å². The van der Waals surface area contributed by atoms with Gasteiger partial charge in [0.05, 0.1) is 6.61 Å². The van der Waals surface area contributed by atoms with Crippen molar-refractivity contribution >= 4 is 21.8 Å². The average Bonchev–Trinajstić information content (AvgIpc) is 2.06. The van der Waals surface area contributed by atoms with Gasteiger partial charge in [0, 0.05) is 5.37 Å². The van der Waals surface area contributed by atoms with E-state index in [4.69, 9.17) is 4.74 Å². The molecule has 0 aromatic heterocycles. The zero-order valence-electron chi connectivity index (χ0n) is 7.54. The Labute approximate surface area is 76.2 Å². The predicted octanol–water partition coefficient (Wildman–Crippen LogP) is 1.80. The number of hydrogen-bond acceptors (Lipinski definition) is 2. The van der Waals surface area contributed by atoms with Gasteiger partial charge in [-0.05, 0) is 31.3 Å². The van der Waals surface area contributed by atoms with E-state index in [1.165, 1.54) is 30.8 Å². The molecule has 1 fully saturated rings. The number of rotatable bonds is 2. The van der Waals surface area contributed by atoms with E-state index in [1.807, 2.05) is 6.92 Å². The quantitative estimate of drug-likeness (QED) is 0.488. The molecule has 1 aliphatic rings. The standard InChI is InChI=1S/C9H16O2S/c1-2-11-9(10)8-12-6-4-3-5-7-12/h8H,2-7H2,1H3. The van der Waals surface area contributed by atoms with Crippen LogP contribution in [0.2, 0.25) is 0 Å². The van der Waals surface area contributed by atoms with E-state index < -0.39 is 0 Å². The minimum Gasteiger partial charge on any atom is -0.462 e. The molecule has 2 nitrogen and oxygen atoms in total. The molecule has 0 unspecified atom stereocenters. The lowest BCUT2D eigenvalue weighted by atomic mass is 10.3. The molecular weight excluding hydrogens is 172 g/mol. The number of hydrogen-bond donors (Lipinski definition) is 0. The zero-order chi connectivity index (χ0) is 8.81. The molecule has 1 aliphatic heterocycles. The molecule has 0 bridgehead atoms. The van der Waals surface area contributed by atoms with E-state index in [0.717, 1.165) is 0 Å². The minimum absolute atomic E-state index is 0.122. The second-order valence-electron chi connectivity index (χ2n) is 2.88. The van der Waals surface area contributed by atoms with Crippen LogP contribution in [0.1, 0.15) is 26.2 Å². The van der Waals surface area contributed by atoms with E-state index in [0.29, 0.717) is 6.61 Å². The van der Waals surface area contributed by atoms with Gasteiger partial charge in [0.1, 0.15) is 0 Å². The van der Waals surface area contributed by atoms with Crippen molar-refractivity contribution in [3.63, 3.8) is 0 Å². The third-order valence-electron chi connectivity index (χ3n) is 1.86. The van der Waals surface area contributed by atoms with Gasteiger partial charge in [0.2, 0.25) is 0 Å². The first-order valence-electron chi connectivity index (χ1n) is 4.51. The number of carbonyl (C=O) groups excluding carboxylic acids is 1. The zero-order valence-corrected chi connectivity index (χ0v) is 8.36. The fourth-order valence-electron chi connectivity index (χ4n) is 1.28. The Hall–Kier alpha value is -0.310. The van der Waals surface area contributed by atoms with E-state index in [2.05, 4.69) is 0 Å². The molecule has 0 amide bonds. The van der Waals surface area contributed by atoms with Crippen molar-refractivity contribution in [3.05, 3.63) is 0 Å². The van der Waals surface area contributed by atoms with Crippen LogP contribution in [-0.4, -0.2) is 29.4 Å². The van der Waals surface area contributed by atoms with Gasteiger partial charge in [0.15, 0.2) is 0 Å². The fraction of sp³-hybridized carbons (Fsp3) is 0.778. The smallest absolute Gasteiger partial charge is 0.336 e. The maximum Gasteiger partial charge on any atom is 0.336 e. The molecule has 0 spiro atoms. The molecule has 0 radical (unpaired) electrons. The van der Waals surface area contributed by atoms with Crippen molar-refractivity contribution in [2.75, 3.05) is 18.1 Å². The van der Waals surface area contributed by atoms with Gasteiger partial charge in [-0.25, -0.2) is 4.79 Å². The van der Waals surface area contributed by atoms with Crippen LogP contribution in [-0.2, 0) is 9.53 Å². The highest BCUT2D eigenvalue weighted by atomic mass is 32.2. The lowest BCUT2D eigenvalue weighted by Gasteiger charge is -2.14. The Bertz CT molecular complexity index is 179. The predicted molar refractivity (Wildman–Crippen MR) is 53.9 cm³/mol. The highest BCUT2D eigenvalue weighted by Crippen LogP contribution is 2.23. The Morgan fingerprint density at radius 2 is 2.08 bits per heavy atom. The highest BCUT2D eigenvalue weighted by molar-refractivity contribution is 8.15. The summed E-state index contributed by atoms with van der Waals surface area (Å²) in [5.74, 6) is 2.26. The van der Waals surface area contributed by atoms with Crippen molar-refractivity contribution < 1.29 is 9.53 Å². The molecule has 0 N–H and O–H groups in total. The summed E-state index contributed by atoms with van der Waals surface area (Å²) < 4.78 is 4.86. The first kappa shape index (κ1) is 9.78. The second-order valence-corrected chi connectivity index (χ2v) is 5.00. The first-order chi connectivity index (χ1) is 5.83. The van der Waals surface area contributed by atoms with Crippen LogP contribution < -0.4 is 0 Å². The molecule has 0 atom stereocenters. The maximum absolute atomic E-state index is 11.0. The topological polar surface area (TPSA) is 26.3 Å². The summed E-state index contributed by atoms with van der Waals surface area (Å²) in [4.78, 5) is 11.0. The minimum atomic E-state index is -0.122. The Morgan fingerprint density at radius 3 is 2.67 bits per heavy atom. The van der Waals surface area contributed by atoms with Crippen LogP contribution in [0.4, 0.5) is 0 Å². The van der Waals surface area contributed by atoms with Gasteiger partial charge in [-0.2, -0.15) is 10.5 Å². The Morgan fingerprint density at radius 1 is 1.42 bits per heavy atom. The van der Waals surface area contributed by atoms with E-state index in [1.54, 1.807) is 5.37 Å². The molecule has 1 saturated heterocycles. The molecule has 0 saturated carbocycles. The summed E-state index contributed by atoms with van der Waals surface area (Å²) in [7, 11) is 0.224. The molecule has 0 aromatic carbocycles. The van der Waals surface area contributed by atoms with Crippen molar-refractivity contribution in [2.45, 2.75) is 26.2 Å². The first-order valence-corrected chi connectivity index (χ1v) is 6.13. The molecular formula is C9H16O2S. The maximum atomic E-state index is 11.0. The van der Waals surface area contributed by atoms with Crippen LogP contribution in [0.25, 0.3) is 0 Å². The van der Waals surface area contributed by atoms with Crippen LogP contribution in [0, 0.1) is 0 Å². The number of ether oxygens (including phenoxy) is 1. The van der Waals surface area contributed by atoms with Crippen molar-refractivity contribution in [1.29, 1.82) is 0 Å². The third-order valence-corrected chi connectivity index (χ3v) is 4.01. The SMILES string of the molecule is CCOC(=O)C=S1CCCCC1. The second kappa shape index (κ2) is 5.36. The Kier molecular flexibility index (Phi) is 4.36. The summed E-state index contributed by atoms with van der Waals surface area (Å²) in [6, 6.07) is 0. The lowest BCUT2D eigenvalue weighted by molar-refractivity contribution is -0.134. The lowest BCUT2D eigenvalue weighted by Crippen LogP contribution is -2.08. The summed E-state index contributed by atoms with van der Waals surface area (Å²) >= 11 is 0. The molecule has 1 heterocycles. The van der Waals surface area contributed by atoms with Gasteiger partial charge in [0.25, 0.3) is 0 Å². The molecule has 12 heavy (non-hydrogen) atoms. The largest absolute Gasteiger partial charge is 0.462 e. The number of esters is 1.